The number of nitrogens with one attached hydrogen (secondary N) is 1. The number of aryl methyl sites for hydroxylation is 1. The number of nitrogens with two attached hydrogens (primary N) is 1. The summed E-state index contributed by atoms with van der Waals surface area (Å²) < 4.78 is 0.982. The number of amides is 1. The van der Waals surface area contributed by atoms with Crippen LogP contribution in [0.15, 0.2) is 39.5 Å². The van der Waals surface area contributed by atoms with Crippen molar-refractivity contribution < 1.29 is 4.79 Å². The van der Waals surface area contributed by atoms with Crippen molar-refractivity contribution >= 4 is 38.9 Å². The van der Waals surface area contributed by atoms with Crippen molar-refractivity contribution in [1.82, 2.24) is 0 Å². The summed E-state index contributed by atoms with van der Waals surface area (Å²) in [4.78, 5) is 11.6. The molecule has 0 aliphatic heterocycles. The second kappa shape index (κ2) is 5.54. The highest BCUT2D eigenvalue weighted by atomic mass is 79.9. The van der Waals surface area contributed by atoms with Gasteiger partial charge in [0.2, 0.25) is 5.91 Å². The van der Waals surface area contributed by atoms with Crippen LogP contribution in [0.4, 0.5) is 5.69 Å². The number of anilines is 1. The van der Waals surface area contributed by atoms with Crippen LogP contribution < -0.4 is 11.1 Å². The molecular formula is C13H13BrN2OS. The van der Waals surface area contributed by atoms with Crippen LogP contribution >= 0.6 is 27.3 Å². The summed E-state index contributed by atoms with van der Waals surface area (Å²) >= 11 is 4.92. The van der Waals surface area contributed by atoms with Gasteiger partial charge in [0.15, 0.2) is 0 Å². The molecule has 3 N–H and O–H groups in total. The lowest BCUT2D eigenvalue weighted by Gasteiger charge is -2.17. The topological polar surface area (TPSA) is 55.1 Å². The van der Waals surface area contributed by atoms with Gasteiger partial charge in [-0.1, -0.05) is 18.2 Å². The first kappa shape index (κ1) is 13.1. The molecule has 1 atom stereocenters. The van der Waals surface area contributed by atoms with E-state index in [1.165, 1.54) is 11.3 Å². The van der Waals surface area contributed by atoms with Gasteiger partial charge in [-0.25, -0.2) is 0 Å². The Kier molecular flexibility index (Phi) is 4.04. The van der Waals surface area contributed by atoms with E-state index in [9.17, 15) is 4.79 Å². The van der Waals surface area contributed by atoms with Crippen molar-refractivity contribution in [2.45, 2.75) is 13.0 Å². The minimum Gasteiger partial charge on any atom is -0.370 e. The second-order valence-electron chi connectivity index (χ2n) is 3.98. The largest absolute Gasteiger partial charge is 0.370 e. The molecule has 1 aromatic heterocycles. The molecule has 1 aromatic carbocycles. The molecule has 0 fully saturated rings. The van der Waals surface area contributed by atoms with E-state index < -0.39 is 6.04 Å². The maximum atomic E-state index is 11.6. The van der Waals surface area contributed by atoms with E-state index in [1.807, 2.05) is 42.6 Å². The van der Waals surface area contributed by atoms with Crippen LogP contribution in [0, 0.1) is 6.92 Å². The summed E-state index contributed by atoms with van der Waals surface area (Å²) in [5.41, 5.74) is 8.34. The number of primary amides is 1. The third-order valence-electron chi connectivity index (χ3n) is 2.65. The molecule has 1 unspecified atom stereocenters. The highest BCUT2D eigenvalue weighted by Crippen LogP contribution is 2.28. The first-order valence-electron chi connectivity index (χ1n) is 5.43. The van der Waals surface area contributed by atoms with Gasteiger partial charge in [0, 0.05) is 5.69 Å². The summed E-state index contributed by atoms with van der Waals surface area (Å²) in [5.74, 6) is -0.386. The van der Waals surface area contributed by atoms with Gasteiger partial charge in [-0.05, 0) is 51.5 Å². The zero-order chi connectivity index (χ0) is 13.1. The highest BCUT2D eigenvalue weighted by molar-refractivity contribution is 9.11. The van der Waals surface area contributed by atoms with Gasteiger partial charge in [-0.2, -0.15) is 0 Å². The number of halogens is 1. The van der Waals surface area contributed by atoms with E-state index in [1.54, 1.807) is 0 Å². The summed E-state index contributed by atoms with van der Waals surface area (Å²) in [7, 11) is 0. The standard InChI is InChI=1S/C13H13BrN2OS/c1-8-4-2-3-5-10(8)16-12(13(15)17)9-6-11(14)18-7-9/h2-7,12,16H,1H3,(H2,15,17). The summed E-state index contributed by atoms with van der Waals surface area (Å²) in [6.07, 6.45) is 0. The summed E-state index contributed by atoms with van der Waals surface area (Å²) in [6.45, 7) is 1.99. The van der Waals surface area contributed by atoms with E-state index in [2.05, 4.69) is 21.2 Å². The van der Waals surface area contributed by atoms with E-state index in [4.69, 9.17) is 5.73 Å². The fourth-order valence-electron chi connectivity index (χ4n) is 1.68. The van der Waals surface area contributed by atoms with Gasteiger partial charge in [0.25, 0.3) is 0 Å². The quantitative estimate of drug-likeness (QED) is 0.904. The average molecular weight is 325 g/mol. The molecule has 1 amide bonds. The Bertz CT molecular complexity index is 568. The fourth-order valence-corrected chi connectivity index (χ4v) is 2.89. The van der Waals surface area contributed by atoms with Gasteiger partial charge in [-0.15, -0.1) is 11.3 Å². The fraction of sp³-hybridized carbons (Fsp3) is 0.154. The number of benzene rings is 1. The number of hydrogen-bond donors (Lipinski definition) is 2. The van der Waals surface area contributed by atoms with Crippen molar-refractivity contribution in [2.24, 2.45) is 5.73 Å². The van der Waals surface area contributed by atoms with Crippen LogP contribution in [0.3, 0.4) is 0 Å². The molecule has 3 nitrogen and oxygen atoms in total. The first-order valence-corrected chi connectivity index (χ1v) is 7.10. The number of carbonyl (C=O) groups excluding carboxylic acids is 1. The Labute approximate surface area is 118 Å². The minimum atomic E-state index is -0.506. The molecule has 5 heteroatoms. The predicted molar refractivity (Wildman–Crippen MR) is 78.8 cm³/mol. The molecule has 0 radical (unpaired) electrons. The van der Waals surface area contributed by atoms with E-state index in [-0.39, 0.29) is 5.91 Å². The Morgan fingerprint density at radius 3 is 2.72 bits per heavy atom. The summed E-state index contributed by atoms with van der Waals surface area (Å²) in [6, 6.07) is 9.22. The van der Waals surface area contributed by atoms with Gasteiger partial charge in [0.05, 0.1) is 3.79 Å². The number of hydrogen-bond acceptors (Lipinski definition) is 3. The molecule has 0 bridgehead atoms. The monoisotopic (exact) mass is 324 g/mol. The lowest BCUT2D eigenvalue weighted by Crippen LogP contribution is -2.27. The number of para-hydroxylation sites is 1. The molecular weight excluding hydrogens is 312 g/mol. The molecule has 94 valence electrons. The Balaban J connectivity index is 2.28. The number of thiophene rings is 1. The van der Waals surface area contributed by atoms with Crippen LogP contribution in [0.2, 0.25) is 0 Å². The second-order valence-corrected chi connectivity index (χ2v) is 6.27. The normalized spacial score (nSPS) is 12.1. The molecule has 2 rings (SSSR count). The third kappa shape index (κ3) is 2.91. The first-order chi connectivity index (χ1) is 8.58. The SMILES string of the molecule is Cc1ccccc1NC(C(N)=O)c1csc(Br)c1. The maximum Gasteiger partial charge on any atom is 0.244 e. The zero-order valence-corrected chi connectivity index (χ0v) is 12.2. The van der Waals surface area contributed by atoms with E-state index in [0.717, 1.165) is 20.6 Å². The van der Waals surface area contributed by atoms with Gasteiger partial charge < -0.3 is 11.1 Å². The van der Waals surface area contributed by atoms with Crippen LogP contribution in [0.25, 0.3) is 0 Å². The van der Waals surface area contributed by atoms with Gasteiger partial charge in [0.1, 0.15) is 6.04 Å². The molecule has 1 heterocycles. The molecule has 0 aliphatic rings. The lowest BCUT2D eigenvalue weighted by molar-refractivity contribution is -0.118. The number of carbonyl (C=O) groups is 1. The molecule has 0 spiro atoms. The molecule has 2 aromatic rings. The van der Waals surface area contributed by atoms with Crippen molar-refractivity contribution in [1.29, 1.82) is 0 Å². The summed E-state index contributed by atoms with van der Waals surface area (Å²) in [5, 5.41) is 5.11. The smallest absolute Gasteiger partial charge is 0.244 e. The highest BCUT2D eigenvalue weighted by Gasteiger charge is 2.19. The van der Waals surface area contributed by atoms with Crippen LogP contribution in [0.1, 0.15) is 17.2 Å². The Morgan fingerprint density at radius 2 is 2.17 bits per heavy atom. The predicted octanol–water partition coefficient (Wildman–Crippen LogP) is 3.46. The molecule has 0 saturated carbocycles. The number of rotatable bonds is 4. The molecule has 18 heavy (non-hydrogen) atoms. The van der Waals surface area contributed by atoms with Crippen molar-refractivity contribution in [3.8, 4) is 0 Å². The lowest BCUT2D eigenvalue weighted by atomic mass is 10.1. The van der Waals surface area contributed by atoms with Crippen LogP contribution in [-0.2, 0) is 4.79 Å². The Hall–Kier alpha value is -1.33. The van der Waals surface area contributed by atoms with Crippen molar-refractivity contribution in [2.75, 3.05) is 5.32 Å². The van der Waals surface area contributed by atoms with Crippen LogP contribution in [-0.4, -0.2) is 5.91 Å². The Morgan fingerprint density at radius 1 is 1.44 bits per heavy atom. The average Bonchev–Trinajstić information content (AvgIpc) is 2.74. The zero-order valence-electron chi connectivity index (χ0n) is 9.81. The maximum absolute atomic E-state index is 11.6. The van der Waals surface area contributed by atoms with E-state index in [0.29, 0.717) is 0 Å². The van der Waals surface area contributed by atoms with E-state index >= 15 is 0 Å². The van der Waals surface area contributed by atoms with Gasteiger partial charge >= 0.3 is 0 Å². The molecule has 0 aliphatic carbocycles. The van der Waals surface area contributed by atoms with Crippen LogP contribution in [0.5, 0.6) is 0 Å². The van der Waals surface area contributed by atoms with Gasteiger partial charge in [-0.3, -0.25) is 4.79 Å². The van der Waals surface area contributed by atoms with Crippen molar-refractivity contribution in [3.05, 3.63) is 50.6 Å². The van der Waals surface area contributed by atoms with Crippen molar-refractivity contribution in [3.63, 3.8) is 0 Å². The minimum absolute atomic E-state index is 0.386. The third-order valence-corrected chi connectivity index (χ3v) is 4.17. The molecule has 0 saturated heterocycles.